The van der Waals surface area contributed by atoms with E-state index < -0.39 is 0 Å². The average Bonchev–Trinajstić information content (AvgIpc) is 3.06. The van der Waals surface area contributed by atoms with Crippen LogP contribution < -0.4 is 5.32 Å². The van der Waals surface area contributed by atoms with Crippen LogP contribution in [-0.2, 0) is 17.9 Å². The SMILES string of the molecule is C=CCn1cc(CN2C[C@H](CCC)[C@@H](NC(=O)C3CCC3)C2)cn1.Cl. The van der Waals surface area contributed by atoms with Crippen molar-refractivity contribution < 1.29 is 4.79 Å². The smallest absolute Gasteiger partial charge is 0.223 e. The molecule has 1 amide bonds. The maximum absolute atomic E-state index is 12.3. The molecule has 0 unspecified atom stereocenters. The third kappa shape index (κ3) is 5.08. The van der Waals surface area contributed by atoms with Crippen LogP contribution in [0.15, 0.2) is 25.0 Å². The van der Waals surface area contributed by atoms with Crippen molar-refractivity contribution in [3.8, 4) is 0 Å². The van der Waals surface area contributed by atoms with Crippen molar-refractivity contribution >= 4 is 18.3 Å². The number of allylic oxidation sites excluding steroid dienone is 1. The molecule has 1 N–H and O–H groups in total. The van der Waals surface area contributed by atoms with E-state index in [1.165, 1.54) is 24.8 Å². The number of hydrogen-bond acceptors (Lipinski definition) is 3. The molecule has 0 radical (unpaired) electrons. The Morgan fingerprint density at radius 1 is 1.44 bits per heavy atom. The standard InChI is InChI=1S/C19H30N4O.ClH/c1-3-6-17-13-22(11-15-10-20-23(12-15)9-4-2)14-18(17)21-19(24)16-7-5-8-16;/h4,10,12,16-18H,2-3,5-9,11,13-14H2,1H3,(H,21,24);1H/t17-,18-;/m0./s1. The van der Waals surface area contributed by atoms with E-state index in [1.807, 2.05) is 17.0 Å². The maximum atomic E-state index is 12.3. The number of nitrogens with one attached hydrogen (secondary N) is 1. The van der Waals surface area contributed by atoms with Crippen molar-refractivity contribution in [1.29, 1.82) is 0 Å². The van der Waals surface area contributed by atoms with Gasteiger partial charge < -0.3 is 5.32 Å². The highest BCUT2D eigenvalue weighted by Gasteiger charge is 2.35. The second-order valence-electron chi connectivity index (χ2n) is 7.35. The lowest BCUT2D eigenvalue weighted by molar-refractivity contribution is -0.128. The Kier molecular flexibility index (Phi) is 7.51. The number of carbonyl (C=O) groups excluding carboxylic acids is 1. The predicted molar refractivity (Wildman–Crippen MR) is 103 cm³/mol. The number of nitrogens with zero attached hydrogens (tertiary/aromatic N) is 3. The first kappa shape index (κ1) is 20.0. The van der Waals surface area contributed by atoms with Gasteiger partial charge in [0.25, 0.3) is 0 Å². The van der Waals surface area contributed by atoms with E-state index in [4.69, 9.17) is 0 Å². The summed E-state index contributed by atoms with van der Waals surface area (Å²) in [7, 11) is 0. The summed E-state index contributed by atoms with van der Waals surface area (Å²) in [5.41, 5.74) is 1.23. The predicted octanol–water partition coefficient (Wildman–Crippen LogP) is 3.01. The first-order valence-corrected chi connectivity index (χ1v) is 9.34. The van der Waals surface area contributed by atoms with E-state index >= 15 is 0 Å². The molecule has 1 saturated carbocycles. The van der Waals surface area contributed by atoms with Gasteiger partial charge in [-0.15, -0.1) is 19.0 Å². The van der Waals surface area contributed by atoms with Gasteiger partial charge >= 0.3 is 0 Å². The summed E-state index contributed by atoms with van der Waals surface area (Å²) in [6, 6.07) is 0.307. The Labute approximate surface area is 157 Å². The average molecular weight is 367 g/mol. The normalized spacial score (nSPS) is 23.7. The molecule has 140 valence electrons. The van der Waals surface area contributed by atoms with Crippen molar-refractivity contribution in [2.75, 3.05) is 13.1 Å². The number of amides is 1. The molecule has 2 atom stereocenters. The Hall–Kier alpha value is -1.33. The summed E-state index contributed by atoms with van der Waals surface area (Å²) in [6.07, 6.45) is 11.6. The van der Waals surface area contributed by atoms with Crippen molar-refractivity contribution in [3.05, 3.63) is 30.6 Å². The zero-order valence-electron chi connectivity index (χ0n) is 15.2. The van der Waals surface area contributed by atoms with Gasteiger partial charge in [-0.25, -0.2) is 0 Å². The quantitative estimate of drug-likeness (QED) is 0.719. The lowest BCUT2D eigenvalue weighted by Gasteiger charge is -2.27. The fourth-order valence-electron chi connectivity index (χ4n) is 3.87. The van der Waals surface area contributed by atoms with Crippen molar-refractivity contribution in [2.45, 2.75) is 58.2 Å². The van der Waals surface area contributed by atoms with Crippen LogP contribution in [0.5, 0.6) is 0 Å². The van der Waals surface area contributed by atoms with E-state index in [0.717, 1.165) is 39.0 Å². The highest BCUT2D eigenvalue weighted by atomic mass is 35.5. The van der Waals surface area contributed by atoms with E-state index in [1.54, 1.807) is 0 Å². The Morgan fingerprint density at radius 2 is 2.24 bits per heavy atom. The van der Waals surface area contributed by atoms with Crippen LogP contribution in [0.3, 0.4) is 0 Å². The molecule has 2 fully saturated rings. The minimum atomic E-state index is 0. The molecule has 5 nitrogen and oxygen atoms in total. The van der Waals surface area contributed by atoms with Gasteiger partial charge in [0.2, 0.25) is 5.91 Å². The number of hydrogen-bond donors (Lipinski definition) is 1. The first-order chi connectivity index (χ1) is 11.7. The molecule has 2 aliphatic rings. The van der Waals surface area contributed by atoms with Crippen molar-refractivity contribution in [1.82, 2.24) is 20.0 Å². The molecule has 25 heavy (non-hydrogen) atoms. The monoisotopic (exact) mass is 366 g/mol. The summed E-state index contributed by atoms with van der Waals surface area (Å²) >= 11 is 0. The summed E-state index contributed by atoms with van der Waals surface area (Å²) in [6.45, 7) is 9.66. The van der Waals surface area contributed by atoms with Gasteiger partial charge in [0.05, 0.1) is 12.7 Å². The molecule has 3 rings (SSSR count). The van der Waals surface area contributed by atoms with Gasteiger partial charge in [-0.3, -0.25) is 14.4 Å². The van der Waals surface area contributed by atoms with Crippen LogP contribution in [0, 0.1) is 11.8 Å². The van der Waals surface area contributed by atoms with Crippen LogP contribution in [0.2, 0.25) is 0 Å². The fourth-order valence-corrected chi connectivity index (χ4v) is 3.87. The van der Waals surface area contributed by atoms with Gasteiger partial charge in [-0.1, -0.05) is 25.8 Å². The molecule has 1 aliphatic carbocycles. The molecule has 0 spiro atoms. The molecule has 0 bridgehead atoms. The highest BCUT2D eigenvalue weighted by Crippen LogP contribution is 2.28. The number of likely N-dealkylation sites (tertiary alicyclic amines) is 1. The van der Waals surface area contributed by atoms with E-state index in [-0.39, 0.29) is 24.2 Å². The van der Waals surface area contributed by atoms with Gasteiger partial charge in [0.15, 0.2) is 0 Å². The molecular formula is C19H31ClN4O. The zero-order valence-corrected chi connectivity index (χ0v) is 16.0. The zero-order chi connectivity index (χ0) is 16.9. The minimum absolute atomic E-state index is 0. The van der Waals surface area contributed by atoms with Gasteiger partial charge in [-0.05, 0) is 25.2 Å². The highest BCUT2D eigenvalue weighted by molar-refractivity contribution is 5.85. The maximum Gasteiger partial charge on any atom is 0.223 e. The second-order valence-corrected chi connectivity index (χ2v) is 7.35. The van der Waals surface area contributed by atoms with Crippen molar-refractivity contribution in [3.63, 3.8) is 0 Å². The number of carbonyl (C=O) groups is 1. The third-order valence-electron chi connectivity index (χ3n) is 5.39. The summed E-state index contributed by atoms with van der Waals surface area (Å²) in [4.78, 5) is 14.8. The Balaban J connectivity index is 0.00000225. The van der Waals surface area contributed by atoms with Crippen LogP contribution in [-0.4, -0.2) is 39.7 Å². The third-order valence-corrected chi connectivity index (χ3v) is 5.39. The molecule has 2 heterocycles. The summed E-state index contributed by atoms with van der Waals surface area (Å²) < 4.78 is 1.91. The Morgan fingerprint density at radius 3 is 2.88 bits per heavy atom. The molecule has 1 aliphatic heterocycles. The molecule has 1 aromatic heterocycles. The molecule has 1 aromatic rings. The molecule has 0 aromatic carbocycles. The first-order valence-electron chi connectivity index (χ1n) is 9.34. The van der Waals surface area contributed by atoms with Gasteiger partial charge in [-0.2, -0.15) is 5.10 Å². The largest absolute Gasteiger partial charge is 0.352 e. The lowest BCUT2D eigenvalue weighted by Crippen LogP contribution is -2.44. The van der Waals surface area contributed by atoms with Crippen molar-refractivity contribution in [2.24, 2.45) is 11.8 Å². The van der Waals surface area contributed by atoms with Crippen LogP contribution in [0.4, 0.5) is 0 Å². The van der Waals surface area contributed by atoms with Gasteiger partial charge in [0.1, 0.15) is 0 Å². The molecular weight excluding hydrogens is 336 g/mol. The minimum Gasteiger partial charge on any atom is -0.352 e. The van der Waals surface area contributed by atoms with Crippen LogP contribution >= 0.6 is 12.4 Å². The fraction of sp³-hybridized carbons (Fsp3) is 0.684. The molecule has 1 saturated heterocycles. The number of rotatable bonds is 8. The summed E-state index contributed by atoms with van der Waals surface area (Å²) in [5, 5.41) is 7.70. The van der Waals surface area contributed by atoms with Crippen LogP contribution in [0.1, 0.15) is 44.6 Å². The van der Waals surface area contributed by atoms with Gasteiger partial charge in [0, 0.05) is 43.4 Å². The number of aromatic nitrogens is 2. The van der Waals surface area contributed by atoms with E-state index in [9.17, 15) is 4.79 Å². The van der Waals surface area contributed by atoms with E-state index in [2.05, 4.69) is 35.0 Å². The Bertz CT molecular complexity index is 570. The molecule has 6 heteroatoms. The lowest BCUT2D eigenvalue weighted by atomic mass is 9.84. The number of halogens is 1. The second kappa shape index (κ2) is 9.39. The topological polar surface area (TPSA) is 50.2 Å². The van der Waals surface area contributed by atoms with Crippen LogP contribution in [0.25, 0.3) is 0 Å². The van der Waals surface area contributed by atoms with E-state index in [0.29, 0.717) is 12.0 Å². The summed E-state index contributed by atoms with van der Waals surface area (Å²) in [5.74, 6) is 1.13.